The fourth-order valence-electron chi connectivity index (χ4n) is 4.21. The molecule has 5 heterocycles. The number of anilines is 2. The number of ether oxygens (including phenoxy) is 2. The van der Waals surface area contributed by atoms with E-state index in [9.17, 15) is 9.18 Å². The Morgan fingerprint density at radius 1 is 1.33 bits per heavy atom. The molecule has 174 valence electrons. The summed E-state index contributed by atoms with van der Waals surface area (Å²) < 4.78 is 28.0. The van der Waals surface area contributed by atoms with E-state index in [1.54, 1.807) is 18.5 Å². The number of likely N-dealkylation sites (tertiary alicyclic amines) is 1. The lowest BCUT2D eigenvalue weighted by Crippen LogP contribution is -2.49. The summed E-state index contributed by atoms with van der Waals surface area (Å²) in [5.74, 6) is 0.312. The summed E-state index contributed by atoms with van der Waals surface area (Å²) >= 11 is 0. The lowest BCUT2D eigenvalue weighted by molar-refractivity contribution is -0.130. The minimum atomic E-state index is -1.21. The molecule has 0 radical (unpaired) electrons. The molecule has 3 aromatic heterocycles. The summed E-state index contributed by atoms with van der Waals surface area (Å²) in [6, 6.07) is 2.08. The number of piperidine rings is 1. The third kappa shape index (κ3) is 4.54. The number of rotatable bonds is 6. The van der Waals surface area contributed by atoms with Gasteiger partial charge in [0.15, 0.2) is 0 Å². The highest BCUT2D eigenvalue weighted by atomic mass is 19.1. The standard InChI is InChI=1S/C22H26FN7O3/c1-2-19(31)29-8-4-17(23)18(13-29)33-21-16-3-7-24-20(16)27-22(28-21)26-14-11-25-30(12-14)15-5-9-32-10-6-15/h2-3,7,11-12,15,17-18H,1,4-6,8-10,13H2,(H2,24,26,27,28)/t17-,18+/m0/s1. The smallest absolute Gasteiger partial charge is 0.246 e. The molecule has 2 atom stereocenters. The summed E-state index contributed by atoms with van der Waals surface area (Å²) in [7, 11) is 0. The molecule has 11 heteroatoms. The van der Waals surface area contributed by atoms with Crippen LogP contribution in [-0.4, -0.2) is 74.1 Å². The molecule has 1 amide bonds. The Labute approximate surface area is 189 Å². The predicted octanol–water partition coefficient (Wildman–Crippen LogP) is 2.75. The third-order valence-electron chi connectivity index (χ3n) is 6.03. The van der Waals surface area contributed by atoms with Crippen molar-refractivity contribution >= 4 is 28.6 Å². The summed E-state index contributed by atoms with van der Waals surface area (Å²) in [4.78, 5) is 25.6. The summed E-state index contributed by atoms with van der Waals surface area (Å²) in [6.45, 7) is 5.43. The van der Waals surface area contributed by atoms with Gasteiger partial charge in [0.1, 0.15) is 17.9 Å². The van der Waals surface area contributed by atoms with E-state index in [1.807, 2.05) is 10.9 Å². The Hall–Kier alpha value is -3.47. The number of carbonyl (C=O) groups excluding carboxylic acids is 1. The first-order valence-electron chi connectivity index (χ1n) is 11.1. The van der Waals surface area contributed by atoms with Crippen molar-refractivity contribution in [3.8, 4) is 5.88 Å². The van der Waals surface area contributed by atoms with Crippen LogP contribution in [-0.2, 0) is 9.53 Å². The predicted molar refractivity (Wildman–Crippen MR) is 119 cm³/mol. The molecule has 10 nitrogen and oxygen atoms in total. The van der Waals surface area contributed by atoms with Gasteiger partial charge in [-0.1, -0.05) is 6.58 Å². The molecule has 2 N–H and O–H groups in total. The van der Waals surface area contributed by atoms with Gasteiger partial charge in [0.25, 0.3) is 0 Å². The van der Waals surface area contributed by atoms with Crippen molar-refractivity contribution in [3.05, 3.63) is 37.3 Å². The zero-order chi connectivity index (χ0) is 22.8. The van der Waals surface area contributed by atoms with Crippen LogP contribution in [0.3, 0.4) is 0 Å². The number of nitrogens with zero attached hydrogens (tertiary/aromatic N) is 5. The fraction of sp³-hybridized carbons (Fsp3) is 0.455. The van der Waals surface area contributed by atoms with Crippen molar-refractivity contribution in [2.24, 2.45) is 0 Å². The molecule has 2 saturated heterocycles. The van der Waals surface area contributed by atoms with E-state index < -0.39 is 12.3 Å². The van der Waals surface area contributed by atoms with Gasteiger partial charge in [-0.25, -0.2) is 4.39 Å². The molecular weight excluding hydrogens is 429 g/mol. The van der Waals surface area contributed by atoms with Crippen LogP contribution in [0.4, 0.5) is 16.0 Å². The first-order chi connectivity index (χ1) is 16.1. The van der Waals surface area contributed by atoms with Crippen LogP contribution < -0.4 is 10.1 Å². The van der Waals surface area contributed by atoms with Crippen molar-refractivity contribution in [3.63, 3.8) is 0 Å². The number of H-pyrrole nitrogens is 1. The normalized spacial score (nSPS) is 21.8. The molecule has 0 bridgehead atoms. The number of fused-ring (bicyclic) bond motifs is 1. The van der Waals surface area contributed by atoms with Gasteiger partial charge in [-0.2, -0.15) is 15.1 Å². The largest absolute Gasteiger partial charge is 0.469 e. The van der Waals surface area contributed by atoms with Gasteiger partial charge < -0.3 is 24.7 Å². The third-order valence-corrected chi connectivity index (χ3v) is 6.03. The molecule has 0 spiro atoms. The SMILES string of the molecule is C=CC(=O)N1CC[C@H](F)[C@H](Oc2nc(Nc3cnn(C4CCOCC4)c3)nc3[nH]ccc23)C1. The second kappa shape index (κ2) is 9.18. The number of nitrogens with one attached hydrogen (secondary N) is 2. The molecule has 3 aromatic rings. The van der Waals surface area contributed by atoms with E-state index in [2.05, 4.69) is 31.9 Å². The molecule has 0 aliphatic carbocycles. The number of alkyl halides is 1. The fourth-order valence-corrected chi connectivity index (χ4v) is 4.21. The number of halogens is 1. The maximum Gasteiger partial charge on any atom is 0.246 e. The first kappa shape index (κ1) is 21.4. The molecule has 5 rings (SSSR count). The number of aromatic nitrogens is 5. The Balaban J connectivity index is 1.36. The van der Waals surface area contributed by atoms with Crippen LogP contribution in [0.25, 0.3) is 11.0 Å². The minimum absolute atomic E-state index is 0.128. The van der Waals surface area contributed by atoms with Crippen LogP contribution in [0.1, 0.15) is 25.3 Å². The maximum absolute atomic E-state index is 14.7. The monoisotopic (exact) mass is 455 g/mol. The van der Waals surface area contributed by atoms with E-state index >= 15 is 0 Å². The molecule has 0 unspecified atom stereocenters. The first-order valence-corrected chi connectivity index (χ1v) is 11.1. The quantitative estimate of drug-likeness (QED) is 0.550. The molecule has 33 heavy (non-hydrogen) atoms. The molecule has 0 saturated carbocycles. The van der Waals surface area contributed by atoms with E-state index in [4.69, 9.17) is 9.47 Å². The number of hydrogen-bond acceptors (Lipinski definition) is 7. The Bertz CT molecular complexity index is 1140. The Morgan fingerprint density at radius 3 is 3.00 bits per heavy atom. The highest BCUT2D eigenvalue weighted by Gasteiger charge is 2.33. The Morgan fingerprint density at radius 2 is 2.18 bits per heavy atom. The van der Waals surface area contributed by atoms with Crippen molar-refractivity contribution in [2.75, 3.05) is 31.6 Å². The maximum atomic E-state index is 14.7. The van der Waals surface area contributed by atoms with Gasteiger partial charge in [-0.05, 0) is 31.4 Å². The van der Waals surface area contributed by atoms with Crippen LogP contribution >= 0.6 is 0 Å². The van der Waals surface area contributed by atoms with Gasteiger partial charge >= 0.3 is 0 Å². The lowest BCUT2D eigenvalue weighted by Gasteiger charge is -2.34. The molecule has 0 aromatic carbocycles. The number of hydrogen-bond donors (Lipinski definition) is 2. The van der Waals surface area contributed by atoms with Crippen molar-refractivity contribution in [1.29, 1.82) is 0 Å². The molecule has 2 fully saturated rings. The average molecular weight is 455 g/mol. The van der Waals surface area contributed by atoms with Gasteiger partial charge in [0.05, 0.1) is 29.9 Å². The summed E-state index contributed by atoms with van der Waals surface area (Å²) in [5, 5.41) is 8.25. The number of amides is 1. The van der Waals surface area contributed by atoms with Gasteiger partial charge in [-0.3, -0.25) is 9.48 Å². The lowest BCUT2D eigenvalue weighted by atomic mass is 10.1. The second-order valence-corrected chi connectivity index (χ2v) is 8.22. The van der Waals surface area contributed by atoms with Crippen molar-refractivity contribution in [1.82, 2.24) is 29.6 Å². The van der Waals surface area contributed by atoms with E-state index in [1.165, 1.54) is 11.0 Å². The minimum Gasteiger partial charge on any atom is -0.469 e. The Kier molecular flexibility index (Phi) is 5.95. The molecule has 2 aliphatic heterocycles. The summed E-state index contributed by atoms with van der Waals surface area (Å²) in [6.07, 6.45) is 6.57. The van der Waals surface area contributed by atoms with E-state index in [-0.39, 0.29) is 24.8 Å². The topological polar surface area (TPSA) is 110 Å². The van der Waals surface area contributed by atoms with Crippen molar-refractivity contribution < 1.29 is 18.7 Å². The summed E-state index contributed by atoms with van der Waals surface area (Å²) in [5.41, 5.74) is 1.30. The molecular formula is C22H26FN7O3. The number of carbonyl (C=O) groups is 1. The highest BCUT2D eigenvalue weighted by Crippen LogP contribution is 2.29. The van der Waals surface area contributed by atoms with Crippen LogP contribution in [0.2, 0.25) is 0 Å². The van der Waals surface area contributed by atoms with Crippen LogP contribution in [0, 0.1) is 0 Å². The van der Waals surface area contributed by atoms with Crippen LogP contribution in [0.5, 0.6) is 5.88 Å². The van der Waals surface area contributed by atoms with E-state index in [0.29, 0.717) is 29.6 Å². The zero-order valence-corrected chi connectivity index (χ0v) is 18.1. The van der Waals surface area contributed by atoms with Gasteiger partial charge in [0.2, 0.25) is 17.7 Å². The van der Waals surface area contributed by atoms with Crippen molar-refractivity contribution in [2.45, 2.75) is 37.6 Å². The van der Waals surface area contributed by atoms with Crippen LogP contribution in [0.15, 0.2) is 37.3 Å². The van der Waals surface area contributed by atoms with E-state index in [0.717, 1.165) is 31.7 Å². The number of aromatic amines is 1. The van der Waals surface area contributed by atoms with Gasteiger partial charge in [-0.15, -0.1) is 0 Å². The zero-order valence-electron chi connectivity index (χ0n) is 18.1. The second-order valence-electron chi connectivity index (χ2n) is 8.22. The highest BCUT2D eigenvalue weighted by molar-refractivity contribution is 5.87. The molecule has 2 aliphatic rings. The average Bonchev–Trinajstić information content (AvgIpc) is 3.50. The van der Waals surface area contributed by atoms with Gasteiger partial charge in [0, 0.05) is 32.2 Å².